The average molecular weight is 309 g/mol. The first-order chi connectivity index (χ1) is 11.2. The molecular formula is C20H23NO2. The highest BCUT2D eigenvalue weighted by Crippen LogP contribution is 2.43. The molecule has 1 aliphatic carbocycles. The molecule has 1 saturated carbocycles. The number of hydrogen-bond acceptors (Lipinski definition) is 2. The number of amides is 1. The van der Waals surface area contributed by atoms with Crippen molar-refractivity contribution in [3.8, 4) is 0 Å². The van der Waals surface area contributed by atoms with Crippen molar-refractivity contribution in [1.29, 1.82) is 0 Å². The van der Waals surface area contributed by atoms with Crippen LogP contribution in [0.4, 0.5) is 0 Å². The highest BCUT2D eigenvalue weighted by molar-refractivity contribution is 5.82. The second kappa shape index (κ2) is 6.97. The van der Waals surface area contributed by atoms with Crippen LogP contribution in [0.5, 0.6) is 0 Å². The summed E-state index contributed by atoms with van der Waals surface area (Å²) in [4.78, 5) is 12.6. The van der Waals surface area contributed by atoms with Gasteiger partial charge in [-0.05, 0) is 24.0 Å². The van der Waals surface area contributed by atoms with Crippen LogP contribution in [0.1, 0.15) is 36.5 Å². The Hall–Kier alpha value is -2.13. The minimum Gasteiger partial charge on any atom is -0.367 e. The van der Waals surface area contributed by atoms with E-state index >= 15 is 0 Å². The van der Waals surface area contributed by atoms with Gasteiger partial charge in [-0.1, -0.05) is 67.1 Å². The summed E-state index contributed by atoms with van der Waals surface area (Å²) in [5.41, 5.74) is 2.29. The van der Waals surface area contributed by atoms with Crippen LogP contribution in [0.25, 0.3) is 0 Å². The van der Waals surface area contributed by atoms with E-state index in [-0.39, 0.29) is 11.3 Å². The van der Waals surface area contributed by atoms with Crippen molar-refractivity contribution in [1.82, 2.24) is 5.32 Å². The Labute approximate surface area is 137 Å². The first-order valence-corrected chi connectivity index (χ1v) is 8.16. The molecule has 1 N–H and O–H groups in total. The molecule has 1 aliphatic rings. The Bertz CT molecular complexity index is 635. The maximum absolute atomic E-state index is 12.6. The van der Waals surface area contributed by atoms with Crippen molar-refractivity contribution in [2.24, 2.45) is 0 Å². The summed E-state index contributed by atoms with van der Waals surface area (Å²) >= 11 is 0. The van der Waals surface area contributed by atoms with Gasteiger partial charge in [0.05, 0.1) is 0 Å². The molecule has 1 atom stereocenters. The first-order valence-electron chi connectivity index (χ1n) is 8.16. The van der Waals surface area contributed by atoms with Crippen LogP contribution in [0, 0.1) is 0 Å². The zero-order valence-electron chi connectivity index (χ0n) is 13.5. The van der Waals surface area contributed by atoms with Gasteiger partial charge in [-0.15, -0.1) is 0 Å². The van der Waals surface area contributed by atoms with E-state index in [0.717, 1.165) is 18.4 Å². The predicted molar refractivity (Wildman–Crippen MR) is 91.2 cm³/mol. The Morgan fingerprint density at radius 2 is 1.70 bits per heavy atom. The summed E-state index contributed by atoms with van der Waals surface area (Å²) in [6.45, 7) is 0.669. The molecule has 3 heteroatoms. The Balaban J connectivity index is 1.68. The smallest absolute Gasteiger partial charge is 0.253 e. The minimum absolute atomic E-state index is 0.0686. The number of benzene rings is 2. The van der Waals surface area contributed by atoms with Crippen LogP contribution in [-0.4, -0.2) is 19.6 Å². The molecule has 23 heavy (non-hydrogen) atoms. The van der Waals surface area contributed by atoms with Gasteiger partial charge in [0, 0.05) is 19.1 Å². The fourth-order valence-corrected chi connectivity index (χ4v) is 3.33. The molecule has 0 spiro atoms. The molecule has 0 saturated heterocycles. The summed E-state index contributed by atoms with van der Waals surface area (Å²) < 4.78 is 5.41. The summed E-state index contributed by atoms with van der Waals surface area (Å²) in [5, 5.41) is 3.11. The van der Waals surface area contributed by atoms with Crippen molar-refractivity contribution >= 4 is 5.91 Å². The van der Waals surface area contributed by atoms with Crippen LogP contribution in [-0.2, 0) is 14.9 Å². The molecule has 0 heterocycles. The molecule has 0 radical (unpaired) electrons. The van der Waals surface area contributed by atoms with Gasteiger partial charge in [0.2, 0.25) is 0 Å². The number of methoxy groups -OCH3 is 1. The molecule has 3 rings (SSSR count). The number of ether oxygens (including phenoxy) is 1. The fraction of sp³-hybridized carbons (Fsp3) is 0.350. The predicted octanol–water partition coefficient (Wildman–Crippen LogP) is 3.61. The lowest BCUT2D eigenvalue weighted by Gasteiger charge is -2.42. The monoisotopic (exact) mass is 309 g/mol. The van der Waals surface area contributed by atoms with Crippen molar-refractivity contribution in [2.75, 3.05) is 13.7 Å². The van der Waals surface area contributed by atoms with E-state index in [4.69, 9.17) is 4.74 Å². The van der Waals surface area contributed by atoms with Gasteiger partial charge in [-0.2, -0.15) is 0 Å². The zero-order chi connectivity index (χ0) is 16.1. The summed E-state index contributed by atoms with van der Waals surface area (Å²) in [6.07, 6.45) is 2.92. The molecule has 2 aromatic rings. The molecule has 3 nitrogen and oxygen atoms in total. The number of nitrogens with one attached hydrogen (secondary N) is 1. The zero-order valence-corrected chi connectivity index (χ0v) is 13.5. The normalized spacial score (nSPS) is 17.1. The van der Waals surface area contributed by atoms with Crippen LogP contribution in [0.3, 0.4) is 0 Å². The maximum atomic E-state index is 12.6. The lowest BCUT2D eigenvalue weighted by molar-refractivity contribution is -0.131. The fourth-order valence-electron chi connectivity index (χ4n) is 3.33. The van der Waals surface area contributed by atoms with E-state index in [0.29, 0.717) is 6.54 Å². The molecule has 1 fully saturated rings. The van der Waals surface area contributed by atoms with Gasteiger partial charge in [-0.3, -0.25) is 4.79 Å². The van der Waals surface area contributed by atoms with Crippen molar-refractivity contribution in [3.05, 3.63) is 71.8 Å². The second-order valence-corrected chi connectivity index (χ2v) is 6.24. The highest BCUT2D eigenvalue weighted by Gasteiger charge is 2.39. The molecule has 120 valence electrons. The largest absolute Gasteiger partial charge is 0.367 e. The summed E-state index contributed by atoms with van der Waals surface area (Å²) in [6, 6.07) is 20.1. The van der Waals surface area contributed by atoms with E-state index in [1.165, 1.54) is 12.0 Å². The van der Waals surface area contributed by atoms with E-state index < -0.39 is 6.10 Å². The quantitative estimate of drug-likeness (QED) is 0.885. The lowest BCUT2D eigenvalue weighted by Crippen LogP contribution is -2.46. The molecular weight excluding hydrogens is 286 g/mol. The molecule has 0 aromatic heterocycles. The first kappa shape index (κ1) is 15.8. The van der Waals surface area contributed by atoms with Crippen LogP contribution >= 0.6 is 0 Å². The Morgan fingerprint density at radius 3 is 2.22 bits per heavy atom. The second-order valence-electron chi connectivity index (χ2n) is 6.24. The molecule has 1 amide bonds. The number of carbonyl (C=O) groups excluding carboxylic acids is 1. The molecule has 2 aromatic carbocycles. The molecule has 0 bridgehead atoms. The van der Waals surface area contributed by atoms with Gasteiger partial charge < -0.3 is 10.1 Å². The number of rotatable bonds is 6. The van der Waals surface area contributed by atoms with Crippen LogP contribution in [0.15, 0.2) is 60.7 Å². The lowest BCUT2D eigenvalue weighted by atomic mass is 9.64. The van der Waals surface area contributed by atoms with E-state index in [2.05, 4.69) is 29.6 Å². The number of carbonyl (C=O) groups is 1. The van der Waals surface area contributed by atoms with Gasteiger partial charge >= 0.3 is 0 Å². The van der Waals surface area contributed by atoms with Crippen LogP contribution < -0.4 is 5.32 Å². The van der Waals surface area contributed by atoms with Gasteiger partial charge in [-0.25, -0.2) is 0 Å². The number of hydrogen-bond donors (Lipinski definition) is 1. The Morgan fingerprint density at radius 1 is 1.09 bits per heavy atom. The standard InChI is InChI=1S/C20H23NO2/c1-23-18(16-9-4-2-5-10-16)19(22)21-15-20(13-8-14-20)17-11-6-3-7-12-17/h2-7,9-12,18H,8,13-15H2,1H3,(H,21,22)/t18-/m0/s1. The third-order valence-electron chi connectivity index (χ3n) is 4.87. The van der Waals surface area contributed by atoms with Crippen molar-refractivity contribution in [3.63, 3.8) is 0 Å². The van der Waals surface area contributed by atoms with E-state index in [1.54, 1.807) is 7.11 Å². The summed E-state index contributed by atoms with van der Waals surface area (Å²) in [7, 11) is 1.58. The van der Waals surface area contributed by atoms with Gasteiger partial charge in [0.15, 0.2) is 6.10 Å². The molecule has 0 aliphatic heterocycles. The van der Waals surface area contributed by atoms with Gasteiger partial charge in [0.25, 0.3) is 5.91 Å². The van der Waals surface area contributed by atoms with E-state index in [1.807, 2.05) is 36.4 Å². The van der Waals surface area contributed by atoms with Crippen LogP contribution in [0.2, 0.25) is 0 Å². The highest BCUT2D eigenvalue weighted by atomic mass is 16.5. The third-order valence-corrected chi connectivity index (χ3v) is 4.87. The molecule has 0 unspecified atom stereocenters. The van der Waals surface area contributed by atoms with E-state index in [9.17, 15) is 4.79 Å². The Kier molecular flexibility index (Phi) is 4.77. The maximum Gasteiger partial charge on any atom is 0.253 e. The van der Waals surface area contributed by atoms with Crippen molar-refractivity contribution < 1.29 is 9.53 Å². The topological polar surface area (TPSA) is 38.3 Å². The average Bonchev–Trinajstić information content (AvgIpc) is 2.56. The summed E-state index contributed by atoms with van der Waals surface area (Å²) in [5.74, 6) is -0.0686. The third kappa shape index (κ3) is 3.30. The van der Waals surface area contributed by atoms with Gasteiger partial charge in [0.1, 0.15) is 0 Å². The SMILES string of the molecule is CO[C@H](C(=O)NCC1(c2ccccc2)CCC1)c1ccccc1. The van der Waals surface area contributed by atoms with Crippen molar-refractivity contribution in [2.45, 2.75) is 30.8 Å². The minimum atomic E-state index is -0.552.